The van der Waals surface area contributed by atoms with Crippen molar-refractivity contribution in [2.24, 2.45) is 0 Å². The Morgan fingerprint density at radius 1 is 1.22 bits per heavy atom. The monoisotopic (exact) mass is 466 g/mol. The van der Waals surface area contributed by atoms with Gasteiger partial charge in [0.05, 0.1) is 33.0 Å². The molecular weight excluding hydrogens is 443 g/mol. The Hall–Kier alpha value is -3.18. The first-order chi connectivity index (χ1) is 15.2. The molecule has 0 aliphatic carbocycles. The first-order valence-electron chi connectivity index (χ1n) is 9.70. The van der Waals surface area contributed by atoms with E-state index < -0.39 is 40.4 Å². The van der Waals surface area contributed by atoms with Crippen LogP contribution in [0.4, 0.5) is 10.1 Å². The van der Waals surface area contributed by atoms with Crippen LogP contribution in [-0.4, -0.2) is 64.6 Å². The maximum absolute atomic E-state index is 13.8. The molecular formula is C21H23FN2O7S. The number of hydrogen-bond donors (Lipinski definition) is 0. The number of ether oxygens (including phenoxy) is 3. The van der Waals surface area contributed by atoms with Crippen LogP contribution in [0.1, 0.15) is 6.92 Å². The minimum Gasteiger partial charge on any atom is -0.495 e. The molecule has 11 heteroatoms. The van der Waals surface area contributed by atoms with Crippen molar-refractivity contribution in [3.05, 3.63) is 48.3 Å². The van der Waals surface area contributed by atoms with E-state index in [1.54, 1.807) is 31.2 Å². The van der Waals surface area contributed by atoms with Crippen LogP contribution >= 0.6 is 0 Å². The number of anilines is 1. The molecule has 0 fully saturated rings. The quantitative estimate of drug-likeness (QED) is 0.574. The minimum atomic E-state index is -4.26. The predicted molar refractivity (Wildman–Crippen MR) is 113 cm³/mol. The number of benzene rings is 2. The Labute approximate surface area is 185 Å². The summed E-state index contributed by atoms with van der Waals surface area (Å²) < 4.78 is 56.5. The number of amides is 1. The Morgan fingerprint density at radius 2 is 1.94 bits per heavy atom. The number of halogens is 1. The van der Waals surface area contributed by atoms with Crippen LogP contribution in [0.3, 0.4) is 0 Å². The highest BCUT2D eigenvalue weighted by Gasteiger charge is 2.36. The largest absolute Gasteiger partial charge is 0.495 e. The molecule has 3 rings (SSSR count). The van der Waals surface area contributed by atoms with Gasteiger partial charge >= 0.3 is 5.97 Å². The maximum Gasteiger partial charge on any atom is 0.348 e. The summed E-state index contributed by atoms with van der Waals surface area (Å²) in [6.07, 6.45) is -1.06. The average Bonchev–Trinajstić information content (AvgIpc) is 2.80. The summed E-state index contributed by atoms with van der Waals surface area (Å²) >= 11 is 0. The van der Waals surface area contributed by atoms with Crippen LogP contribution in [0.2, 0.25) is 0 Å². The van der Waals surface area contributed by atoms with Gasteiger partial charge in [0.1, 0.15) is 22.2 Å². The molecule has 0 saturated heterocycles. The number of nitrogens with zero attached hydrogens (tertiary/aromatic N) is 2. The molecule has 172 valence electrons. The van der Waals surface area contributed by atoms with Gasteiger partial charge in [-0.05, 0) is 30.3 Å². The molecule has 32 heavy (non-hydrogen) atoms. The van der Waals surface area contributed by atoms with Gasteiger partial charge in [-0.1, -0.05) is 19.1 Å². The second-order valence-electron chi connectivity index (χ2n) is 6.83. The molecule has 0 aromatic heterocycles. The normalized spacial score (nSPS) is 15.7. The smallest absolute Gasteiger partial charge is 0.348 e. The second-order valence-corrected chi connectivity index (χ2v) is 8.73. The summed E-state index contributed by atoms with van der Waals surface area (Å²) in [6.45, 7) is 0.811. The highest BCUT2D eigenvalue weighted by molar-refractivity contribution is 7.89. The van der Waals surface area contributed by atoms with Crippen molar-refractivity contribution < 1.29 is 36.6 Å². The van der Waals surface area contributed by atoms with E-state index in [0.717, 1.165) is 16.4 Å². The number of fused-ring (bicyclic) bond motifs is 1. The number of para-hydroxylation sites is 2. The summed E-state index contributed by atoms with van der Waals surface area (Å²) in [6, 6.07) is 9.72. The van der Waals surface area contributed by atoms with E-state index in [1.165, 1.54) is 25.2 Å². The molecule has 2 aromatic carbocycles. The summed E-state index contributed by atoms with van der Waals surface area (Å²) in [7, 11) is -1.79. The van der Waals surface area contributed by atoms with Gasteiger partial charge in [-0.15, -0.1) is 0 Å². The number of esters is 1. The zero-order valence-corrected chi connectivity index (χ0v) is 18.6. The topological polar surface area (TPSA) is 102 Å². The summed E-state index contributed by atoms with van der Waals surface area (Å²) in [5.74, 6) is -1.76. The Kier molecular flexibility index (Phi) is 6.99. The zero-order valence-electron chi connectivity index (χ0n) is 17.8. The van der Waals surface area contributed by atoms with Gasteiger partial charge in [0.25, 0.3) is 0 Å². The van der Waals surface area contributed by atoms with Gasteiger partial charge in [0.15, 0.2) is 0 Å². The molecule has 0 saturated carbocycles. The van der Waals surface area contributed by atoms with E-state index in [2.05, 4.69) is 0 Å². The Bertz CT molecular complexity index is 1120. The van der Waals surface area contributed by atoms with E-state index in [0.29, 0.717) is 11.4 Å². The van der Waals surface area contributed by atoms with Gasteiger partial charge in [0, 0.05) is 6.54 Å². The van der Waals surface area contributed by atoms with Crippen molar-refractivity contribution in [1.82, 2.24) is 4.31 Å². The minimum absolute atomic E-state index is 0.0419. The standard InChI is InChI=1S/C21H23FN2O7S/c1-4-23(32(27,28)19-11-14(22)9-10-17(19)29-2)13-20(25)24-12-18(21(26)30-3)31-16-8-6-5-7-15(16)24/h5-11,18H,4,12-13H2,1-3H3/t18-/m0/s1. The SMILES string of the molecule is CCN(CC(=O)N1C[C@@H](C(=O)OC)Oc2ccccc21)S(=O)(=O)c1cc(F)ccc1OC. The number of likely N-dealkylation sites (N-methyl/N-ethyl adjacent to an activating group) is 1. The third kappa shape index (κ3) is 4.53. The van der Waals surface area contributed by atoms with Crippen molar-refractivity contribution in [2.75, 3.05) is 38.8 Å². The molecule has 0 N–H and O–H groups in total. The second kappa shape index (κ2) is 9.53. The summed E-state index contributed by atoms with van der Waals surface area (Å²) in [5, 5.41) is 0. The van der Waals surface area contributed by atoms with Crippen LogP contribution in [0.15, 0.2) is 47.4 Å². The van der Waals surface area contributed by atoms with Crippen molar-refractivity contribution >= 4 is 27.6 Å². The van der Waals surface area contributed by atoms with Crippen molar-refractivity contribution in [2.45, 2.75) is 17.9 Å². The fraction of sp³-hybridized carbons (Fsp3) is 0.333. The Balaban J connectivity index is 1.92. The molecule has 9 nitrogen and oxygen atoms in total. The van der Waals surface area contributed by atoms with E-state index >= 15 is 0 Å². The number of sulfonamides is 1. The number of methoxy groups -OCH3 is 2. The molecule has 0 radical (unpaired) electrons. The van der Waals surface area contributed by atoms with Crippen LogP contribution < -0.4 is 14.4 Å². The lowest BCUT2D eigenvalue weighted by Gasteiger charge is -2.34. The molecule has 1 aliphatic heterocycles. The first-order valence-corrected chi connectivity index (χ1v) is 11.1. The molecule has 1 amide bonds. The lowest BCUT2D eigenvalue weighted by Crippen LogP contribution is -2.50. The molecule has 0 bridgehead atoms. The first kappa shape index (κ1) is 23.5. The maximum atomic E-state index is 13.8. The molecule has 2 aromatic rings. The van der Waals surface area contributed by atoms with Crippen molar-refractivity contribution in [3.8, 4) is 11.5 Å². The zero-order chi connectivity index (χ0) is 23.5. The van der Waals surface area contributed by atoms with Crippen LogP contribution in [0, 0.1) is 5.82 Å². The van der Waals surface area contributed by atoms with Gasteiger partial charge in [-0.3, -0.25) is 4.79 Å². The fourth-order valence-electron chi connectivity index (χ4n) is 3.32. The number of hydrogen-bond acceptors (Lipinski definition) is 7. The highest BCUT2D eigenvalue weighted by atomic mass is 32.2. The number of rotatable bonds is 7. The van der Waals surface area contributed by atoms with Crippen LogP contribution in [0.5, 0.6) is 11.5 Å². The molecule has 0 unspecified atom stereocenters. The van der Waals surface area contributed by atoms with E-state index in [1.807, 2.05) is 0 Å². The van der Waals surface area contributed by atoms with E-state index in [-0.39, 0.29) is 23.7 Å². The van der Waals surface area contributed by atoms with Gasteiger partial charge in [0.2, 0.25) is 22.0 Å². The van der Waals surface area contributed by atoms with Crippen LogP contribution in [0.25, 0.3) is 0 Å². The molecule has 0 spiro atoms. The van der Waals surface area contributed by atoms with Crippen molar-refractivity contribution in [1.29, 1.82) is 0 Å². The van der Waals surface area contributed by atoms with Gasteiger partial charge in [-0.2, -0.15) is 4.31 Å². The van der Waals surface area contributed by atoms with Crippen molar-refractivity contribution in [3.63, 3.8) is 0 Å². The average molecular weight is 466 g/mol. The summed E-state index contributed by atoms with van der Waals surface area (Å²) in [5.41, 5.74) is 0.398. The number of carbonyl (C=O) groups is 2. The third-order valence-corrected chi connectivity index (χ3v) is 6.89. The lowest BCUT2D eigenvalue weighted by atomic mass is 10.2. The molecule has 1 atom stereocenters. The van der Waals surface area contributed by atoms with E-state index in [4.69, 9.17) is 14.2 Å². The summed E-state index contributed by atoms with van der Waals surface area (Å²) in [4.78, 5) is 26.1. The predicted octanol–water partition coefficient (Wildman–Crippen LogP) is 1.81. The lowest BCUT2D eigenvalue weighted by molar-refractivity contribution is -0.148. The van der Waals surface area contributed by atoms with Crippen LogP contribution in [-0.2, 0) is 24.3 Å². The van der Waals surface area contributed by atoms with Gasteiger partial charge < -0.3 is 19.1 Å². The third-order valence-electron chi connectivity index (χ3n) is 4.95. The van der Waals surface area contributed by atoms with Gasteiger partial charge in [-0.25, -0.2) is 17.6 Å². The van der Waals surface area contributed by atoms with E-state index in [9.17, 15) is 22.4 Å². The highest BCUT2D eigenvalue weighted by Crippen LogP contribution is 2.34. The fourth-order valence-corrected chi connectivity index (χ4v) is 4.88. The number of carbonyl (C=O) groups excluding carboxylic acids is 2. The molecule has 1 heterocycles. The Morgan fingerprint density at radius 3 is 2.59 bits per heavy atom. The molecule has 1 aliphatic rings.